The van der Waals surface area contributed by atoms with E-state index in [0.717, 1.165) is 25.7 Å². The first kappa shape index (κ1) is 14.6. The lowest BCUT2D eigenvalue weighted by molar-refractivity contribution is 0.411. The fraction of sp³-hybridized carbons (Fsp3) is 0.538. The summed E-state index contributed by atoms with van der Waals surface area (Å²) in [5.74, 6) is 0.543. The molecule has 1 fully saturated rings. The fourth-order valence-corrected chi connectivity index (χ4v) is 4.17. The van der Waals surface area contributed by atoms with Crippen molar-refractivity contribution in [2.45, 2.75) is 43.0 Å². The zero-order chi connectivity index (χ0) is 13.9. The summed E-state index contributed by atoms with van der Waals surface area (Å²) >= 11 is 6.01. The lowest BCUT2D eigenvalue weighted by Gasteiger charge is -2.22. The number of methoxy groups -OCH3 is 1. The van der Waals surface area contributed by atoms with Crippen LogP contribution in [0, 0.1) is 0 Å². The summed E-state index contributed by atoms with van der Waals surface area (Å²) in [7, 11) is -2.04. The van der Waals surface area contributed by atoms with Gasteiger partial charge in [-0.25, -0.2) is 13.1 Å². The van der Waals surface area contributed by atoms with Gasteiger partial charge in [-0.15, -0.1) is 0 Å². The standard InChI is InChI=1S/C13H18ClNO3S/c1-18-11-7-8-13(12(14)9-11)19(16,17)15-10-5-3-2-4-6-10/h7-10,15H,2-6H2,1H3. The Balaban J connectivity index is 2.18. The van der Waals surface area contributed by atoms with Crippen molar-refractivity contribution in [3.05, 3.63) is 23.2 Å². The third-order valence-electron chi connectivity index (χ3n) is 3.36. The Kier molecular flexibility index (Phi) is 4.71. The lowest BCUT2D eigenvalue weighted by atomic mass is 9.96. The Bertz CT molecular complexity index is 539. The molecule has 0 bridgehead atoms. The highest BCUT2D eigenvalue weighted by atomic mass is 35.5. The van der Waals surface area contributed by atoms with E-state index in [4.69, 9.17) is 16.3 Å². The van der Waals surface area contributed by atoms with Gasteiger partial charge in [0.1, 0.15) is 10.6 Å². The van der Waals surface area contributed by atoms with Crippen molar-refractivity contribution in [1.29, 1.82) is 0 Å². The molecule has 6 heteroatoms. The summed E-state index contributed by atoms with van der Waals surface area (Å²) in [6.07, 6.45) is 5.12. The molecule has 1 aromatic carbocycles. The maximum absolute atomic E-state index is 12.3. The molecule has 0 unspecified atom stereocenters. The number of sulfonamides is 1. The van der Waals surface area contributed by atoms with E-state index in [2.05, 4.69) is 4.72 Å². The molecule has 1 aliphatic rings. The van der Waals surface area contributed by atoms with E-state index in [9.17, 15) is 8.42 Å². The summed E-state index contributed by atoms with van der Waals surface area (Å²) < 4.78 is 32.3. The Morgan fingerprint density at radius 3 is 2.53 bits per heavy atom. The summed E-state index contributed by atoms with van der Waals surface area (Å²) in [6.45, 7) is 0. The third-order valence-corrected chi connectivity index (χ3v) is 5.36. The molecule has 1 aliphatic carbocycles. The first-order valence-electron chi connectivity index (χ1n) is 6.39. The zero-order valence-electron chi connectivity index (χ0n) is 10.9. The number of nitrogens with one attached hydrogen (secondary N) is 1. The molecule has 0 aliphatic heterocycles. The quantitative estimate of drug-likeness (QED) is 0.930. The Morgan fingerprint density at radius 2 is 1.95 bits per heavy atom. The molecule has 0 aromatic heterocycles. The van der Waals surface area contributed by atoms with Gasteiger partial charge in [0.05, 0.1) is 12.1 Å². The molecule has 2 rings (SSSR count). The Hall–Kier alpha value is -0.780. The predicted molar refractivity (Wildman–Crippen MR) is 75.2 cm³/mol. The second kappa shape index (κ2) is 6.11. The second-order valence-corrected chi connectivity index (χ2v) is 6.84. The molecule has 0 radical (unpaired) electrons. The van der Waals surface area contributed by atoms with Gasteiger partial charge < -0.3 is 4.74 Å². The van der Waals surface area contributed by atoms with Crippen LogP contribution in [0.4, 0.5) is 0 Å². The number of ether oxygens (including phenoxy) is 1. The summed E-state index contributed by atoms with van der Waals surface area (Å²) in [6, 6.07) is 4.61. The predicted octanol–water partition coefficient (Wildman–Crippen LogP) is 2.96. The molecule has 1 saturated carbocycles. The van der Waals surface area contributed by atoms with E-state index < -0.39 is 10.0 Å². The number of rotatable bonds is 4. The van der Waals surface area contributed by atoms with Crippen LogP contribution in [-0.2, 0) is 10.0 Å². The molecule has 0 amide bonds. The lowest BCUT2D eigenvalue weighted by Crippen LogP contribution is -2.36. The average molecular weight is 304 g/mol. The molecule has 1 N–H and O–H groups in total. The van der Waals surface area contributed by atoms with Crippen LogP contribution < -0.4 is 9.46 Å². The zero-order valence-corrected chi connectivity index (χ0v) is 12.4. The van der Waals surface area contributed by atoms with Gasteiger partial charge in [0.2, 0.25) is 10.0 Å². The van der Waals surface area contributed by atoms with Crippen LogP contribution in [0.2, 0.25) is 5.02 Å². The molecular weight excluding hydrogens is 286 g/mol. The van der Waals surface area contributed by atoms with Crippen molar-refractivity contribution in [2.24, 2.45) is 0 Å². The van der Waals surface area contributed by atoms with Crippen LogP contribution in [0.15, 0.2) is 23.1 Å². The van der Waals surface area contributed by atoms with E-state index in [0.29, 0.717) is 5.75 Å². The van der Waals surface area contributed by atoms with Crippen LogP contribution in [0.1, 0.15) is 32.1 Å². The van der Waals surface area contributed by atoms with Crippen LogP contribution in [0.5, 0.6) is 5.75 Å². The van der Waals surface area contributed by atoms with Crippen molar-refractivity contribution < 1.29 is 13.2 Å². The molecule has 0 atom stereocenters. The maximum atomic E-state index is 12.3. The number of halogens is 1. The first-order valence-corrected chi connectivity index (χ1v) is 8.25. The van der Waals surface area contributed by atoms with Crippen LogP contribution in [-0.4, -0.2) is 21.6 Å². The normalized spacial score (nSPS) is 17.4. The number of hydrogen-bond acceptors (Lipinski definition) is 3. The molecule has 1 aromatic rings. The van der Waals surface area contributed by atoms with Gasteiger partial charge in [-0.3, -0.25) is 0 Å². The summed E-state index contributed by atoms with van der Waals surface area (Å²) in [5, 5.41) is 0.183. The van der Waals surface area contributed by atoms with Crippen molar-refractivity contribution in [2.75, 3.05) is 7.11 Å². The van der Waals surface area contributed by atoms with E-state index >= 15 is 0 Å². The van der Waals surface area contributed by atoms with Gasteiger partial charge in [0.15, 0.2) is 0 Å². The Labute approximate surface area is 119 Å². The summed E-state index contributed by atoms with van der Waals surface area (Å²) in [4.78, 5) is 0.112. The highest BCUT2D eigenvalue weighted by Gasteiger charge is 2.23. The number of benzene rings is 1. The average Bonchev–Trinajstić information content (AvgIpc) is 2.38. The van der Waals surface area contributed by atoms with Crippen LogP contribution in [0.25, 0.3) is 0 Å². The van der Waals surface area contributed by atoms with E-state index in [-0.39, 0.29) is 16.0 Å². The SMILES string of the molecule is COc1ccc(S(=O)(=O)NC2CCCCC2)c(Cl)c1. The molecule has 4 nitrogen and oxygen atoms in total. The van der Waals surface area contributed by atoms with E-state index in [1.807, 2.05) is 0 Å². The smallest absolute Gasteiger partial charge is 0.242 e. The minimum atomic E-state index is -3.55. The van der Waals surface area contributed by atoms with Gasteiger partial charge in [0.25, 0.3) is 0 Å². The van der Waals surface area contributed by atoms with Gasteiger partial charge in [-0.2, -0.15) is 0 Å². The molecule has 0 spiro atoms. The third kappa shape index (κ3) is 3.61. The topological polar surface area (TPSA) is 55.4 Å². The van der Waals surface area contributed by atoms with Crippen molar-refractivity contribution in [3.63, 3.8) is 0 Å². The van der Waals surface area contributed by atoms with Crippen LogP contribution in [0.3, 0.4) is 0 Å². The maximum Gasteiger partial charge on any atom is 0.242 e. The van der Waals surface area contributed by atoms with Gasteiger partial charge in [-0.1, -0.05) is 30.9 Å². The van der Waals surface area contributed by atoms with E-state index in [1.54, 1.807) is 6.07 Å². The largest absolute Gasteiger partial charge is 0.497 e. The second-order valence-electron chi connectivity index (χ2n) is 4.75. The molecule has 19 heavy (non-hydrogen) atoms. The van der Waals surface area contributed by atoms with Crippen molar-refractivity contribution in [1.82, 2.24) is 4.72 Å². The van der Waals surface area contributed by atoms with E-state index in [1.165, 1.54) is 25.7 Å². The molecule has 0 saturated heterocycles. The monoisotopic (exact) mass is 303 g/mol. The molecule has 106 valence electrons. The minimum absolute atomic E-state index is 0.0249. The van der Waals surface area contributed by atoms with Gasteiger partial charge in [0, 0.05) is 12.1 Å². The summed E-state index contributed by atoms with van der Waals surface area (Å²) in [5.41, 5.74) is 0. The van der Waals surface area contributed by atoms with Crippen molar-refractivity contribution in [3.8, 4) is 5.75 Å². The highest BCUT2D eigenvalue weighted by Crippen LogP contribution is 2.27. The molecule has 0 heterocycles. The highest BCUT2D eigenvalue weighted by molar-refractivity contribution is 7.89. The van der Waals surface area contributed by atoms with Crippen LogP contribution >= 0.6 is 11.6 Å². The fourth-order valence-electron chi connectivity index (χ4n) is 2.33. The van der Waals surface area contributed by atoms with Gasteiger partial charge >= 0.3 is 0 Å². The number of hydrogen-bond donors (Lipinski definition) is 1. The first-order chi connectivity index (χ1) is 9.03. The van der Waals surface area contributed by atoms with Crippen molar-refractivity contribution >= 4 is 21.6 Å². The Morgan fingerprint density at radius 1 is 1.26 bits per heavy atom. The minimum Gasteiger partial charge on any atom is -0.497 e. The molecular formula is C13H18ClNO3S. The van der Waals surface area contributed by atoms with Gasteiger partial charge in [-0.05, 0) is 25.0 Å².